The zero-order valence-corrected chi connectivity index (χ0v) is 8.26. The first-order valence-corrected chi connectivity index (χ1v) is 4.85. The molecule has 0 amide bonds. The Bertz CT molecular complexity index is 299. The molecule has 1 aromatic rings. The predicted octanol–water partition coefficient (Wildman–Crippen LogP) is 2.26. The Morgan fingerprint density at radius 1 is 1.50 bits per heavy atom. The Labute approximate surface area is 80.3 Å². The maximum Gasteiger partial charge on any atom is 0.0399 e. The molecule has 0 saturated heterocycles. The number of hydrogen-bond acceptors (Lipinski definition) is 2. The summed E-state index contributed by atoms with van der Waals surface area (Å²) in [7, 11) is 0. The molecule has 0 saturated carbocycles. The fraction of sp³-hybridized carbons (Fsp3) is 0.333. The van der Waals surface area contributed by atoms with Crippen LogP contribution < -0.4 is 11.1 Å². The lowest BCUT2D eigenvalue weighted by Crippen LogP contribution is -2.22. The van der Waals surface area contributed by atoms with Crippen LogP contribution in [0, 0.1) is 0 Å². The fourth-order valence-electron chi connectivity index (χ4n) is 1.52. The van der Waals surface area contributed by atoms with Crippen LogP contribution in [0.3, 0.4) is 0 Å². The summed E-state index contributed by atoms with van der Waals surface area (Å²) in [6, 6.07) is 6.39. The number of halogens is 1. The summed E-state index contributed by atoms with van der Waals surface area (Å²) in [4.78, 5) is 0. The molecule has 0 fully saturated rings. The van der Waals surface area contributed by atoms with Crippen molar-refractivity contribution in [2.75, 3.05) is 11.9 Å². The van der Waals surface area contributed by atoms with Crippen molar-refractivity contribution in [3.8, 4) is 0 Å². The highest BCUT2D eigenvalue weighted by molar-refractivity contribution is 9.10. The molecule has 0 spiro atoms. The van der Waals surface area contributed by atoms with Crippen LogP contribution in [0.5, 0.6) is 0 Å². The van der Waals surface area contributed by atoms with Gasteiger partial charge in [-0.2, -0.15) is 0 Å². The van der Waals surface area contributed by atoms with E-state index in [0.29, 0.717) is 0 Å². The highest BCUT2D eigenvalue weighted by atomic mass is 79.9. The quantitative estimate of drug-likeness (QED) is 0.713. The van der Waals surface area contributed by atoms with Crippen LogP contribution in [0.1, 0.15) is 18.0 Å². The van der Waals surface area contributed by atoms with Crippen LogP contribution in [0.25, 0.3) is 0 Å². The number of benzene rings is 1. The van der Waals surface area contributed by atoms with E-state index >= 15 is 0 Å². The van der Waals surface area contributed by atoms with Crippen LogP contribution in [0.15, 0.2) is 22.7 Å². The average molecular weight is 227 g/mol. The minimum absolute atomic E-state index is 0.203. The molecule has 0 bridgehead atoms. The van der Waals surface area contributed by atoms with Gasteiger partial charge in [-0.25, -0.2) is 0 Å². The van der Waals surface area contributed by atoms with Gasteiger partial charge in [0.05, 0.1) is 0 Å². The third-order valence-electron chi connectivity index (χ3n) is 2.19. The van der Waals surface area contributed by atoms with Gasteiger partial charge >= 0.3 is 0 Å². The van der Waals surface area contributed by atoms with E-state index in [0.717, 1.165) is 17.4 Å². The summed E-state index contributed by atoms with van der Waals surface area (Å²) in [5.74, 6) is 0. The summed E-state index contributed by atoms with van der Waals surface area (Å²) in [5, 5.41) is 3.32. The van der Waals surface area contributed by atoms with Crippen LogP contribution in [-0.2, 0) is 0 Å². The van der Waals surface area contributed by atoms with Gasteiger partial charge in [0.25, 0.3) is 0 Å². The number of nitrogens with one attached hydrogen (secondary N) is 1. The van der Waals surface area contributed by atoms with Crippen LogP contribution in [0.2, 0.25) is 0 Å². The zero-order valence-electron chi connectivity index (χ0n) is 6.68. The summed E-state index contributed by atoms with van der Waals surface area (Å²) in [6.45, 7) is 0.977. The molecule has 2 rings (SSSR count). The van der Waals surface area contributed by atoms with Gasteiger partial charge in [0, 0.05) is 22.7 Å². The number of hydrogen-bond donors (Lipinski definition) is 2. The van der Waals surface area contributed by atoms with E-state index in [4.69, 9.17) is 5.73 Å². The Balaban J connectivity index is 2.46. The SMILES string of the molecule is NC1CCNc2cc(Br)ccc21. The Morgan fingerprint density at radius 3 is 3.17 bits per heavy atom. The summed E-state index contributed by atoms with van der Waals surface area (Å²) in [6.07, 6.45) is 1.02. The van der Waals surface area contributed by atoms with Gasteiger partial charge in [0.1, 0.15) is 0 Å². The first kappa shape index (κ1) is 8.08. The predicted molar refractivity (Wildman–Crippen MR) is 54.2 cm³/mol. The minimum atomic E-state index is 0.203. The standard InChI is InChI=1S/C9H11BrN2/c10-6-1-2-7-8(11)3-4-12-9(7)5-6/h1-2,5,8,12H,3-4,11H2. The molecule has 0 aliphatic carbocycles. The molecule has 1 aliphatic rings. The van der Waals surface area contributed by atoms with Crippen molar-refractivity contribution in [2.45, 2.75) is 12.5 Å². The van der Waals surface area contributed by atoms with Gasteiger partial charge in [-0.05, 0) is 24.1 Å². The number of rotatable bonds is 0. The molecule has 1 aromatic carbocycles. The molecule has 3 N–H and O–H groups in total. The second-order valence-corrected chi connectivity index (χ2v) is 3.97. The molecule has 12 heavy (non-hydrogen) atoms. The molecular formula is C9H11BrN2. The Kier molecular flexibility index (Phi) is 2.07. The van der Waals surface area contributed by atoms with Crippen LogP contribution in [0.4, 0.5) is 5.69 Å². The molecule has 3 heteroatoms. The molecule has 0 aromatic heterocycles. The smallest absolute Gasteiger partial charge is 0.0399 e. The molecule has 1 unspecified atom stereocenters. The average Bonchev–Trinajstić information content (AvgIpc) is 2.04. The van der Waals surface area contributed by atoms with E-state index in [1.807, 2.05) is 6.07 Å². The normalized spacial score (nSPS) is 21.3. The lowest BCUT2D eigenvalue weighted by atomic mass is 9.99. The Morgan fingerprint density at radius 2 is 2.33 bits per heavy atom. The van der Waals surface area contributed by atoms with E-state index in [-0.39, 0.29) is 6.04 Å². The van der Waals surface area contributed by atoms with Crippen molar-refractivity contribution in [1.82, 2.24) is 0 Å². The van der Waals surface area contributed by atoms with Gasteiger partial charge < -0.3 is 11.1 Å². The topological polar surface area (TPSA) is 38.0 Å². The molecule has 1 atom stereocenters. The van der Waals surface area contributed by atoms with Crippen LogP contribution >= 0.6 is 15.9 Å². The minimum Gasteiger partial charge on any atom is -0.385 e. The Hall–Kier alpha value is -0.540. The fourth-order valence-corrected chi connectivity index (χ4v) is 1.88. The van der Waals surface area contributed by atoms with Crippen molar-refractivity contribution >= 4 is 21.6 Å². The lowest BCUT2D eigenvalue weighted by Gasteiger charge is -2.23. The van der Waals surface area contributed by atoms with Crippen LogP contribution in [-0.4, -0.2) is 6.54 Å². The maximum absolute atomic E-state index is 5.94. The van der Waals surface area contributed by atoms with E-state index < -0.39 is 0 Å². The van der Waals surface area contributed by atoms with Crippen molar-refractivity contribution in [3.05, 3.63) is 28.2 Å². The maximum atomic E-state index is 5.94. The zero-order chi connectivity index (χ0) is 8.55. The molecule has 1 heterocycles. The van der Waals surface area contributed by atoms with Gasteiger partial charge in [-0.15, -0.1) is 0 Å². The molecule has 64 valence electrons. The van der Waals surface area contributed by atoms with Gasteiger partial charge in [-0.1, -0.05) is 22.0 Å². The second kappa shape index (κ2) is 3.07. The van der Waals surface area contributed by atoms with Gasteiger partial charge in [0.2, 0.25) is 0 Å². The number of fused-ring (bicyclic) bond motifs is 1. The molecule has 1 aliphatic heterocycles. The van der Waals surface area contributed by atoms with Crippen molar-refractivity contribution in [1.29, 1.82) is 0 Å². The molecular weight excluding hydrogens is 216 g/mol. The van der Waals surface area contributed by atoms with E-state index in [1.165, 1.54) is 11.3 Å². The highest BCUT2D eigenvalue weighted by Gasteiger charge is 2.15. The summed E-state index contributed by atoms with van der Waals surface area (Å²) >= 11 is 3.43. The van der Waals surface area contributed by atoms with E-state index in [2.05, 4.69) is 33.4 Å². The molecule has 2 nitrogen and oxygen atoms in total. The summed E-state index contributed by atoms with van der Waals surface area (Å²) in [5.41, 5.74) is 8.34. The monoisotopic (exact) mass is 226 g/mol. The number of nitrogens with two attached hydrogens (primary N) is 1. The van der Waals surface area contributed by atoms with Gasteiger partial charge in [-0.3, -0.25) is 0 Å². The highest BCUT2D eigenvalue weighted by Crippen LogP contribution is 2.30. The van der Waals surface area contributed by atoms with Crippen molar-refractivity contribution in [2.24, 2.45) is 5.73 Å². The second-order valence-electron chi connectivity index (χ2n) is 3.05. The first-order valence-electron chi connectivity index (χ1n) is 4.06. The molecule has 0 radical (unpaired) electrons. The van der Waals surface area contributed by atoms with Gasteiger partial charge in [0.15, 0.2) is 0 Å². The third kappa shape index (κ3) is 1.34. The van der Waals surface area contributed by atoms with E-state index in [1.54, 1.807) is 0 Å². The lowest BCUT2D eigenvalue weighted by molar-refractivity contribution is 0.655. The third-order valence-corrected chi connectivity index (χ3v) is 2.68. The van der Waals surface area contributed by atoms with Crippen molar-refractivity contribution < 1.29 is 0 Å². The number of anilines is 1. The largest absolute Gasteiger partial charge is 0.385 e. The van der Waals surface area contributed by atoms with Crippen molar-refractivity contribution in [3.63, 3.8) is 0 Å². The summed E-state index contributed by atoms with van der Waals surface area (Å²) < 4.78 is 1.10. The van der Waals surface area contributed by atoms with E-state index in [9.17, 15) is 0 Å². The first-order chi connectivity index (χ1) is 5.77.